The van der Waals surface area contributed by atoms with E-state index >= 15 is 0 Å². The Morgan fingerprint density at radius 3 is 2.89 bits per heavy atom. The van der Waals surface area contributed by atoms with Crippen LogP contribution in [0.2, 0.25) is 0 Å². The van der Waals surface area contributed by atoms with Crippen LogP contribution >= 0.6 is 27.3 Å². The highest BCUT2D eigenvalue weighted by atomic mass is 79.9. The van der Waals surface area contributed by atoms with E-state index in [2.05, 4.69) is 25.6 Å². The number of anilines is 1. The highest BCUT2D eigenvalue weighted by Crippen LogP contribution is 2.25. The van der Waals surface area contributed by atoms with Crippen LogP contribution in [0.5, 0.6) is 0 Å². The minimum Gasteiger partial charge on any atom is -0.326 e. The average Bonchev–Trinajstić information content (AvgIpc) is 2.81. The van der Waals surface area contributed by atoms with Crippen LogP contribution in [-0.4, -0.2) is 13.4 Å². The van der Waals surface area contributed by atoms with Gasteiger partial charge < -0.3 is 5.73 Å². The van der Waals surface area contributed by atoms with E-state index in [-0.39, 0.29) is 4.90 Å². The zero-order chi connectivity index (χ0) is 13.2. The fourth-order valence-electron chi connectivity index (χ4n) is 1.27. The summed E-state index contributed by atoms with van der Waals surface area (Å²) in [4.78, 5) is 4.91. The van der Waals surface area contributed by atoms with Gasteiger partial charge in [0.15, 0.2) is 0 Å². The first kappa shape index (κ1) is 13.5. The molecule has 96 valence electrons. The number of hydrogen-bond acceptors (Lipinski definition) is 5. The Kier molecular flexibility index (Phi) is 4.00. The predicted octanol–water partition coefficient (Wildman–Crippen LogP) is 2.17. The van der Waals surface area contributed by atoms with Gasteiger partial charge in [0.05, 0.1) is 15.1 Å². The van der Waals surface area contributed by atoms with E-state index in [1.807, 2.05) is 0 Å². The number of nitrogens with two attached hydrogens (primary N) is 1. The number of aromatic nitrogens is 1. The fourth-order valence-corrected chi connectivity index (χ4v) is 3.99. The third-order valence-electron chi connectivity index (χ3n) is 2.16. The van der Waals surface area contributed by atoms with Crippen molar-refractivity contribution in [3.05, 3.63) is 39.3 Å². The molecule has 0 fully saturated rings. The molecular weight excluding hydrogens is 338 g/mol. The van der Waals surface area contributed by atoms with Gasteiger partial charge in [-0.25, -0.2) is 8.42 Å². The van der Waals surface area contributed by atoms with E-state index in [4.69, 9.17) is 5.73 Å². The monoisotopic (exact) mass is 347 g/mol. The minimum absolute atomic E-state index is 0.219. The topological polar surface area (TPSA) is 85.1 Å². The summed E-state index contributed by atoms with van der Waals surface area (Å²) in [6.07, 6.45) is 3.04. The molecule has 0 saturated heterocycles. The van der Waals surface area contributed by atoms with Crippen molar-refractivity contribution >= 4 is 43.0 Å². The van der Waals surface area contributed by atoms with Crippen LogP contribution in [-0.2, 0) is 16.6 Å². The molecule has 5 nitrogen and oxygen atoms in total. The number of hydrogen-bond donors (Lipinski definition) is 2. The summed E-state index contributed by atoms with van der Waals surface area (Å²) in [7, 11) is -3.58. The third kappa shape index (κ3) is 2.89. The standard InChI is InChI=1S/C10H10BrN3O2S2/c11-9-5-13-2-1-10(9)14-18(15,16)8-3-7(4-12)17-6-8/h1-3,5-6H,4,12H2,(H,13,14). The molecule has 0 spiro atoms. The van der Waals surface area contributed by atoms with Gasteiger partial charge in [-0.05, 0) is 28.1 Å². The molecule has 0 saturated carbocycles. The van der Waals surface area contributed by atoms with Crippen LogP contribution in [0.1, 0.15) is 4.88 Å². The maximum atomic E-state index is 12.1. The molecule has 2 aromatic heterocycles. The Morgan fingerprint density at radius 2 is 2.28 bits per heavy atom. The molecule has 18 heavy (non-hydrogen) atoms. The van der Waals surface area contributed by atoms with Gasteiger partial charge in [-0.1, -0.05) is 0 Å². The second kappa shape index (κ2) is 5.35. The number of nitrogens with zero attached hydrogens (tertiary/aromatic N) is 1. The molecule has 0 aromatic carbocycles. The number of rotatable bonds is 4. The van der Waals surface area contributed by atoms with Gasteiger partial charge in [0, 0.05) is 29.2 Å². The van der Waals surface area contributed by atoms with E-state index in [0.717, 1.165) is 4.88 Å². The highest BCUT2D eigenvalue weighted by Gasteiger charge is 2.17. The lowest BCUT2D eigenvalue weighted by Crippen LogP contribution is -2.12. The zero-order valence-electron chi connectivity index (χ0n) is 9.13. The number of halogens is 1. The molecule has 0 aliphatic rings. The van der Waals surface area contributed by atoms with Crippen molar-refractivity contribution in [3.8, 4) is 0 Å². The summed E-state index contributed by atoms with van der Waals surface area (Å²) < 4.78 is 27.3. The van der Waals surface area contributed by atoms with Gasteiger partial charge in [-0.15, -0.1) is 11.3 Å². The Bertz CT molecular complexity index is 655. The van der Waals surface area contributed by atoms with Crippen molar-refractivity contribution in [2.75, 3.05) is 4.72 Å². The van der Waals surface area contributed by atoms with Crippen LogP contribution < -0.4 is 10.5 Å². The van der Waals surface area contributed by atoms with Crippen LogP contribution in [0.4, 0.5) is 5.69 Å². The molecule has 0 radical (unpaired) electrons. The molecule has 3 N–H and O–H groups in total. The molecule has 0 aliphatic carbocycles. The van der Waals surface area contributed by atoms with Gasteiger partial charge in [0.25, 0.3) is 10.0 Å². The van der Waals surface area contributed by atoms with Gasteiger partial charge in [-0.2, -0.15) is 0 Å². The van der Waals surface area contributed by atoms with E-state index < -0.39 is 10.0 Å². The lowest BCUT2D eigenvalue weighted by atomic mass is 10.4. The molecule has 8 heteroatoms. The molecule has 2 aromatic rings. The number of thiophene rings is 1. The number of sulfonamides is 1. The van der Waals surface area contributed by atoms with E-state index in [1.165, 1.54) is 23.7 Å². The van der Waals surface area contributed by atoms with E-state index in [9.17, 15) is 8.42 Å². The SMILES string of the molecule is NCc1cc(S(=O)(=O)Nc2ccncc2Br)cs1. The van der Waals surface area contributed by atoms with Crippen LogP contribution in [0.3, 0.4) is 0 Å². The second-order valence-corrected chi connectivity index (χ2v) is 6.95. The van der Waals surface area contributed by atoms with Gasteiger partial charge >= 0.3 is 0 Å². The molecule has 0 unspecified atom stereocenters. The van der Waals surface area contributed by atoms with Crippen molar-refractivity contribution < 1.29 is 8.42 Å². The summed E-state index contributed by atoms with van der Waals surface area (Å²) in [5, 5.41) is 1.57. The van der Waals surface area contributed by atoms with Crippen LogP contribution in [0, 0.1) is 0 Å². The fraction of sp³-hybridized carbons (Fsp3) is 0.100. The van der Waals surface area contributed by atoms with Crippen molar-refractivity contribution in [1.29, 1.82) is 0 Å². The van der Waals surface area contributed by atoms with Crippen LogP contribution in [0.25, 0.3) is 0 Å². The molecule has 0 atom stereocenters. The van der Waals surface area contributed by atoms with Crippen molar-refractivity contribution in [3.63, 3.8) is 0 Å². The van der Waals surface area contributed by atoms with E-state index in [1.54, 1.807) is 17.5 Å². The smallest absolute Gasteiger partial charge is 0.262 e. The summed E-state index contributed by atoms with van der Waals surface area (Å²) in [5.41, 5.74) is 5.91. The Hall–Kier alpha value is -0.960. The molecule has 0 amide bonds. The van der Waals surface area contributed by atoms with Gasteiger partial charge in [-0.3, -0.25) is 9.71 Å². The van der Waals surface area contributed by atoms with Crippen molar-refractivity contribution in [2.45, 2.75) is 11.4 Å². The Morgan fingerprint density at radius 1 is 1.50 bits per heavy atom. The Balaban J connectivity index is 2.30. The van der Waals surface area contributed by atoms with E-state index in [0.29, 0.717) is 16.7 Å². The molecule has 2 heterocycles. The first-order chi connectivity index (χ1) is 8.53. The highest BCUT2D eigenvalue weighted by molar-refractivity contribution is 9.10. The lowest BCUT2D eigenvalue weighted by Gasteiger charge is -2.07. The summed E-state index contributed by atoms with van der Waals surface area (Å²) in [6, 6.07) is 3.15. The van der Waals surface area contributed by atoms with Crippen molar-refractivity contribution in [1.82, 2.24) is 4.98 Å². The molecular formula is C10H10BrN3O2S2. The maximum Gasteiger partial charge on any atom is 0.262 e. The first-order valence-electron chi connectivity index (χ1n) is 4.93. The number of pyridine rings is 1. The zero-order valence-corrected chi connectivity index (χ0v) is 12.3. The normalized spacial score (nSPS) is 11.4. The molecule has 2 rings (SSSR count). The first-order valence-corrected chi connectivity index (χ1v) is 8.08. The second-order valence-electron chi connectivity index (χ2n) is 3.41. The summed E-state index contributed by atoms with van der Waals surface area (Å²) in [5.74, 6) is 0. The van der Waals surface area contributed by atoms with Crippen LogP contribution in [0.15, 0.2) is 39.3 Å². The largest absolute Gasteiger partial charge is 0.326 e. The maximum absolute atomic E-state index is 12.1. The predicted molar refractivity (Wildman–Crippen MR) is 75.0 cm³/mol. The van der Waals surface area contributed by atoms with Gasteiger partial charge in [0.2, 0.25) is 0 Å². The molecule has 0 aliphatic heterocycles. The van der Waals surface area contributed by atoms with Gasteiger partial charge in [0.1, 0.15) is 0 Å². The number of nitrogens with one attached hydrogen (secondary N) is 1. The third-order valence-corrected chi connectivity index (χ3v) is 5.24. The summed E-state index contributed by atoms with van der Waals surface area (Å²) >= 11 is 4.56. The van der Waals surface area contributed by atoms with Crippen molar-refractivity contribution in [2.24, 2.45) is 5.73 Å². The quantitative estimate of drug-likeness (QED) is 0.887. The minimum atomic E-state index is -3.58. The average molecular weight is 348 g/mol. The lowest BCUT2D eigenvalue weighted by molar-refractivity contribution is 0.601. The molecule has 0 bridgehead atoms. The Labute approximate surface area is 117 Å². The summed E-state index contributed by atoms with van der Waals surface area (Å²) in [6.45, 7) is 0.332.